The number of amides is 3. The van der Waals surface area contributed by atoms with Gasteiger partial charge in [-0.2, -0.15) is 13.2 Å². The van der Waals surface area contributed by atoms with Gasteiger partial charge in [-0.3, -0.25) is 4.79 Å². The number of urea groups is 1. The Bertz CT molecular complexity index is 1010. The van der Waals surface area contributed by atoms with E-state index in [2.05, 4.69) is 15.5 Å². The molecule has 0 spiro atoms. The Morgan fingerprint density at radius 2 is 1.91 bits per heavy atom. The van der Waals surface area contributed by atoms with E-state index in [-0.39, 0.29) is 24.2 Å². The standard InChI is InChI=1S/C21H25F3N6O2/c1-2-18(31)29-10-6-5-9-16(29)19-27-26-17-13-28(11-12-30(17)19)20(32)25-15-8-4-3-7-14(15)21(22,23)24/h3-4,7-8,16H,2,5-6,9-13H2,1H3,(H,25,32). The molecule has 8 nitrogen and oxygen atoms in total. The van der Waals surface area contributed by atoms with Crippen LogP contribution in [-0.4, -0.2) is 49.6 Å². The summed E-state index contributed by atoms with van der Waals surface area (Å²) < 4.78 is 41.6. The zero-order chi connectivity index (χ0) is 22.9. The number of fused-ring (bicyclic) bond motifs is 1. The second-order valence-electron chi connectivity index (χ2n) is 7.97. The van der Waals surface area contributed by atoms with Crippen molar-refractivity contribution in [3.63, 3.8) is 0 Å². The number of carbonyl (C=O) groups is 2. The van der Waals surface area contributed by atoms with Crippen molar-refractivity contribution in [3.05, 3.63) is 41.5 Å². The fourth-order valence-corrected chi connectivity index (χ4v) is 4.34. The number of rotatable bonds is 3. The Balaban J connectivity index is 1.49. The average Bonchev–Trinajstić information content (AvgIpc) is 3.21. The van der Waals surface area contributed by atoms with E-state index in [1.54, 1.807) is 0 Å². The molecule has 1 N–H and O–H groups in total. The summed E-state index contributed by atoms with van der Waals surface area (Å²) in [6.45, 7) is 3.36. The molecule has 1 aromatic carbocycles. The van der Waals surface area contributed by atoms with Crippen molar-refractivity contribution < 1.29 is 22.8 Å². The van der Waals surface area contributed by atoms with Crippen LogP contribution < -0.4 is 5.32 Å². The van der Waals surface area contributed by atoms with Crippen LogP contribution >= 0.6 is 0 Å². The molecule has 1 saturated heterocycles. The fraction of sp³-hybridized carbons (Fsp3) is 0.524. The number of piperidine rings is 1. The van der Waals surface area contributed by atoms with Crippen LogP contribution in [0.2, 0.25) is 0 Å². The number of hydrogen-bond donors (Lipinski definition) is 1. The van der Waals surface area contributed by atoms with E-state index < -0.39 is 17.8 Å². The Kier molecular flexibility index (Phi) is 6.07. The van der Waals surface area contributed by atoms with Gasteiger partial charge in [0.15, 0.2) is 11.6 Å². The summed E-state index contributed by atoms with van der Waals surface area (Å²) in [5, 5.41) is 10.9. The molecule has 1 atom stereocenters. The van der Waals surface area contributed by atoms with Gasteiger partial charge in [-0.05, 0) is 31.4 Å². The molecule has 2 aromatic rings. The molecule has 1 unspecified atom stereocenters. The second kappa shape index (κ2) is 8.79. The van der Waals surface area contributed by atoms with Crippen LogP contribution in [0.4, 0.5) is 23.7 Å². The minimum atomic E-state index is -4.57. The van der Waals surface area contributed by atoms with Crippen LogP contribution in [0.5, 0.6) is 0 Å². The maximum absolute atomic E-state index is 13.2. The van der Waals surface area contributed by atoms with Gasteiger partial charge in [-0.25, -0.2) is 4.79 Å². The number of hydrogen-bond acceptors (Lipinski definition) is 4. The first-order chi connectivity index (χ1) is 15.3. The molecule has 32 heavy (non-hydrogen) atoms. The van der Waals surface area contributed by atoms with E-state index in [0.29, 0.717) is 37.7 Å². The number of anilines is 1. The molecule has 172 valence electrons. The second-order valence-corrected chi connectivity index (χ2v) is 7.97. The van der Waals surface area contributed by atoms with Crippen LogP contribution in [0.15, 0.2) is 24.3 Å². The van der Waals surface area contributed by atoms with E-state index >= 15 is 0 Å². The van der Waals surface area contributed by atoms with Gasteiger partial charge in [0, 0.05) is 26.1 Å². The van der Waals surface area contributed by atoms with E-state index in [0.717, 1.165) is 25.3 Å². The fourth-order valence-electron chi connectivity index (χ4n) is 4.34. The van der Waals surface area contributed by atoms with Crippen molar-refractivity contribution in [3.8, 4) is 0 Å². The number of nitrogens with one attached hydrogen (secondary N) is 1. The highest BCUT2D eigenvalue weighted by molar-refractivity contribution is 5.90. The first-order valence-electron chi connectivity index (χ1n) is 10.7. The van der Waals surface area contributed by atoms with Gasteiger partial charge >= 0.3 is 12.2 Å². The number of likely N-dealkylation sites (tertiary alicyclic amines) is 1. The predicted octanol–water partition coefficient (Wildman–Crippen LogP) is 3.81. The highest BCUT2D eigenvalue weighted by Gasteiger charge is 2.36. The normalized spacial score (nSPS) is 18.9. The summed E-state index contributed by atoms with van der Waals surface area (Å²) in [4.78, 5) is 28.3. The summed E-state index contributed by atoms with van der Waals surface area (Å²) >= 11 is 0. The molecule has 1 fully saturated rings. The molecule has 4 rings (SSSR count). The van der Waals surface area contributed by atoms with Crippen molar-refractivity contribution in [2.45, 2.75) is 57.9 Å². The van der Waals surface area contributed by atoms with E-state index in [9.17, 15) is 22.8 Å². The molecule has 0 aliphatic carbocycles. The Hall–Kier alpha value is -3.11. The Morgan fingerprint density at radius 1 is 1.12 bits per heavy atom. The zero-order valence-electron chi connectivity index (χ0n) is 17.7. The maximum atomic E-state index is 13.2. The van der Waals surface area contributed by atoms with Crippen molar-refractivity contribution in [1.82, 2.24) is 24.6 Å². The number of aromatic nitrogens is 3. The molecule has 0 saturated carbocycles. The quantitative estimate of drug-likeness (QED) is 0.771. The number of alkyl halides is 3. The lowest BCUT2D eigenvalue weighted by Gasteiger charge is -2.36. The monoisotopic (exact) mass is 450 g/mol. The highest BCUT2D eigenvalue weighted by atomic mass is 19.4. The molecule has 2 aliphatic rings. The third-order valence-corrected chi connectivity index (χ3v) is 5.97. The van der Waals surface area contributed by atoms with E-state index in [1.807, 2.05) is 16.4 Å². The van der Waals surface area contributed by atoms with Crippen molar-refractivity contribution in [2.24, 2.45) is 0 Å². The molecular formula is C21H25F3N6O2. The van der Waals surface area contributed by atoms with Crippen molar-refractivity contribution in [2.75, 3.05) is 18.4 Å². The predicted molar refractivity (Wildman–Crippen MR) is 109 cm³/mol. The van der Waals surface area contributed by atoms with Crippen LogP contribution in [0.3, 0.4) is 0 Å². The lowest BCUT2D eigenvalue weighted by Crippen LogP contribution is -2.43. The van der Waals surface area contributed by atoms with Gasteiger partial charge in [0.05, 0.1) is 23.8 Å². The van der Waals surface area contributed by atoms with Crippen LogP contribution in [-0.2, 0) is 24.1 Å². The lowest BCUT2D eigenvalue weighted by atomic mass is 10.0. The van der Waals surface area contributed by atoms with E-state index in [4.69, 9.17) is 0 Å². The molecular weight excluding hydrogens is 425 g/mol. The molecule has 0 radical (unpaired) electrons. The van der Waals surface area contributed by atoms with Crippen LogP contribution in [0.25, 0.3) is 0 Å². The number of carbonyl (C=O) groups excluding carboxylic acids is 2. The number of halogens is 3. The number of para-hydroxylation sites is 1. The third kappa shape index (κ3) is 4.28. The third-order valence-electron chi connectivity index (χ3n) is 5.97. The first-order valence-corrected chi connectivity index (χ1v) is 10.7. The SMILES string of the molecule is CCC(=O)N1CCCCC1c1nnc2n1CCN(C(=O)Nc1ccccc1C(F)(F)F)C2. The molecule has 1 aromatic heterocycles. The van der Waals surface area contributed by atoms with Crippen molar-refractivity contribution >= 4 is 17.6 Å². The topological polar surface area (TPSA) is 83.4 Å². The summed E-state index contributed by atoms with van der Waals surface area (Å²) in [6.07, 6.45) is -1.39. The molecule has 3 amide bonds. The molecule has 11 heteroatoms. The largest absolute Gasteiger partial charge is 0.418 e. The first kappa shape index (κ1) is 22.1. The van der Waals surface area contributed by atoms with Crippen LogP contribution in [0, 0.1) is 0 Å². The van der Waals surface area contributed by atoms with Gasteiger partial charge in [0.2, 0.25) is 5.91 Å². The Labute approximate surface area is 183 Å². The van der Waals surface area contributed by atoms with Crippen LogP contribution in [0.1, 0.15) is 55.9 Å². The summed E-state index contributed by atoms with van der Waals surface area (Å²) in [7, 11) is 0. The molecule has 2 aliphatic heterocycles. The van der Waals surface area contributed by atoms with E-state index in [1.165, 1.54) is 23.1 Å². The van der Waals surface area contributed by atoms with Gasteiger partial charge in [-0.1, -0.05) is 19.1 Å². The minimum absolute atomic E-state index is 0.0761. The van der Waals surface area contributed by atoms with Gasteiger partial charge in [0.1, 0.15) is 0 Å². The highest BCUT2D eigenvalue weighted by Crippen LogP contribution is 2.35. The summed E-state index contributed by atoms with van der Waals surface area (Å²) in [5.74, 6) is 1.34. The maximum Gasteiger partial charge on any atom is 0.418 e. The number of nitrogens with zero attached hydrogens (tertiary/aromatic N) is 5. The summed E-state index contributed by atoms with van der Waals surface area (Å²) in [6, 6.07) is 4.11. The zero-order valence-corrected chi connectivity index (χ0v) is 17.7. The van der Waals surface area contributed by atoms with Gasteiger partial charge in [-0.15, -0.1) is 10.2 Å². The van der Waals surface area contributed by atoms with Crippen molar-refractivity contribution in [1.29, 1.82) is 0 Å². The lowest BCUT2D eigenvalue weighted by molar-refractivity contribution is -0.137. The van der Waals surface area contributed by atoms with Gasteiger partial charge in [0.25, 0.3) is 0 Å². The van der Waals surface area contributed by atoms with Gasteiger partial charge < -0.3 is 19.7 Å². The number of benzene rings is 1. The smallest absolute Gasteiger partial charge is 0.332 e. The Morgan fingerprint density at radius 3 is 2.66 bits per heavy atom. The minimum Gasteiger partial charge on any atom is -0.332 e. The molecule has 0 bridgehead atoms. The molecule has 3 heterocycles. The summed E-state index contributed by atoms with van der Waals surface area (Å²) in [5.41, 5.74) is -1.18. The average molecular weight is 450 g/mol.